The molecule has 2 nitrogen and oxygen atoms in total. The molecule has 0 radical (unpaired) electrons. The first-order valence-corrected chi connectivity index (χ1v) is 6.11. The molecule has 2 aliphatic rings. The highest BCUT2D eigenvalue weighted by molar-refractivity contribution is 7.99. The molecule has 1 aliphatic heterocycles. The lowest BCUT2D eigenvalue weighted by molar-refractivity contribution is 0.184. The van der Waals surface area contributed by atoms with E-state index in [9.17, 15) is 0 Å². The summed E-state index contributed by atoms with van der Waals surface area (Å²) in [5.74, 6) is 10.0. The molecule has 1 heterocycles. The molecule has 3 N–H and O–H groups in total. The summed E-state index contributed by atoms with van der Waals surface area (Å²) in [6.45, 7) is 0. The zero-order valence-electron chi connectivity index (χ0n) is 7.46. The first-order valence-electron chi connectivity index (χ1n) is 4.95. The maximum Gasteiger partial charge on any atom is 0.0275 e. The van der Waals surface area contributed by atoms with Crippen LogP contribution in [0.15, 0.2) is 0 Å². The van der Waals surface area contributed by atoms with Gasteiger partial charge in [-0.25, -0.2) is 0 Å². The second-order valence-corrected chi connectivity index (χ2v) is 5.16. The highest BCUT2D eigenvalue weighted by Crippen LogP contribution is 2.37. The molecular formula is C9H18N2S. The third kappa shape index (κ3) is 1.63. The van der Waals surface area contributed by atoms with Gasteiger partial charge in [0.1, 0.15) is 0 Å². The van der Waals surface area contributed by atoms with Crippen LogP contribution in [0, 0.1) is 11.8 Å². The van der Waals surface area contributed by atoms with Crippen molar-refractivity contribution in [2.24, 2.45) is 17.7 Å². The van der Waals surface area contributed by atoms with Crippen LogP contribution in [0.4, 0.5) is 0 Å². The Morgan fingerprint density at radius 1 is 1.25 bits per heavy atom. The molecule has 0 bridgehead atoms. The van der Waals surface area contributed by atoms with Crippen molar-refractivity contribution in [1.29, 1.82) is 0 Å². The fraction of sp³-hybridized carbons (Fsp3) is 1.00. The van der Waals surface area contributed by atoms with Gasteiger partial charge in [-0.15, -0.1) is 0 Å². The third-order valence-electron chi connectivity index (χ3n) is 3.32. The van der Waals surface area contributed by atoms with Crippen molar-refractivity contribution in [3.63, 3.8) is 0 Å². The van der Waals surface area contributed by atoms with Gasteiger partial charge in [-0.1, -0.05) is 6.42 Å². The van der Waals surface area contributed by atoms with E-state index in [1.807, 2.05) is 0 Å². The highest BCUT2D eigenvalue weighted by Gasteiger charge is 2.33. The number of nitrogens with two attached hydrogens (primary N) is 1. The molecule has 0 spiro atoms. The van der Waals surface area contributed by atoms with Gasteiger partial charge < -0.3 is 0 Å². The molecule has 0 aromatic carbocycles. The van der Waals surface area contributed by atoms with Crippen LogP contribution in [0.1, 0.15) is 25.7 Å². The Morgan fingerprint density at radius 2 is 2.08 bits per heavy atom. The molecule has 3 heteroatoms. The van der Waals surface area contributed by atoms with E-state index >= 15 is 0 Å². The van der Waals surface area contributed by atoms with Crippen molar-refractivity contribution in [2.45, 2.75) is 31.7 Å². The number of hydrazine groups is 1. The van der Waals surface area contributed by atoms with Gasteiger partial charge in [-0.05, 0) is 42.6 Å². The fourth-order valence-corrected chi connectivity index (χ4v) is 3.60. The number of nitrogens with one attached hydrogen (secondary N) is 1. The van der Waals surface area contributed by atoms with Gasteiger partial charge in [0, 0.05) is 6.04 Å². The first kappa shape index (κ1) is 8.85. The summed E-state index contributed by atoms with van der Waals surface area (Å²) < 4.78 is 0. The Balaban J connectivity index is 1.87. The van der Waals surface area contributed by atoms with Crippen molar-refractivity contribution < 1.29 is 0 Å². The third-order valence-corrected chi connectivity index (χ3v) is 4.51. The number of thioether (sulfide) groups is 1. The Bertz CT molecular complexity index is 141. The van der Waals surface area contributed by atoms with E-state index in [0.29, 0.717) is 6.04 Å². The maximum atomic E-state index is 5.60. The average molecular weight is 186 g/mol. The van der Waals surface area contributed by atoms with Crippen molar-refractivity contribution in [3.05, 3.63) is 0 Å². The van der Waals surface area contributed by atoms with Crippen molar-refractivity contribution in [1.82, 2.24) is 5.43 Å². The van der Waals surface area contributed by atoms with Crippen LogP contribution in [0.3, 0.4) is 0 Å². The summed E-state index contributed by atoms with van der Waals surface area (Å²) in [5.41, 5.74) is 3.03. The molecule has 0 aromatic heterocycles. The maximum absolute atomic E-state index is 5.60. The Morgan fingerprint density at radius 3 is 2.50 bits per heavy atom. The van der Waals surface area contributed by atoms with Gasteiger partial charge in [-0.2, -0.15) is 11.8 Å². The molecule has 70 valence electrons. The molecule has 2 fully saturated rings. The lowest BCUT2D eigenvalue weighted by Crippen LogP contribution is -2.48. The van der Waals surface area contributed by atoms with Crippen LogP contribution in [0.5, 0.6) is 0 Å². The predicted octanol–water partition coefficient (Wildman–Crippen LogP) is 1.37. The second-order valence-electron chi connectivity index (χ2n) is 4.01. The smallest absolute Gasteiger partial charge is 0.0275 e. The molecule has 1 aliphatic carbocycles. The van der Waals surface area contributed by atoms with E-state index in [1.165, 1.54) is 37.2 Å². The normalized spacial score (nSPS) is 33.2. The van der Waals surface area contributed by atoms with Crippen LogP contribution in [-0.4, -0.2) is 17.5 Å². The summed E-state index contributed by atoms with van der Waals surface area (Å²) >= 11 is 2.08. The quantitative estimate of drug-likeness (QED) is 0.516. The van der Waals surface area contributed by atoms with Gasteiger partial charge in [0.25, 0.3) is 0 Å². The minimum Gasteiger partial charge on any atom is -0.271 e. The van der Waals surface area contributed by atoms with E-state index < -0.39 is 0 Å². The van der Waals surface area contributed by atoms with E-state index in [4.69, 9.17) is 5.84 Å². The van der Waals surface area contributed by atoms with Gasteiger partial charge in [0.2, 0.25) is 0 Å². The fourth-order valence-electron chi connectivity index (χ4n) is 2.29. The molecule has 2 unspecified atom stereocenters. The highest BCUT2D eigenvalue weighted by atomic mass is 32.2. The first-order chi connectivity index (χ1) is 5.92. The van der Waals surface area contributed by atoms with Crippen LogP contribution in [0.2, 0.25) is 0 Å². The van der Waals surface area contributed by atoms with Crippen LogP contribution < -0.4 is 11.3 Å². The second kappa shape index (κ2) is 3.99. The monoisotopic (exact) mass is 186 g/mol. The number of rotatable bonds is 3. The van der Waals surface area contributed by atoms with E-state index in [-0.39, 0.29) is 0 Å². The SMILES string of the molecule is NNC(C1CCC1)C1CCSC1. The average Bonchev–Trinajstić information content (AvgIpc) is 2.47. The van der Waals surface area contributed by atoms with Crippen LogP contribution in [-0.2, 0) is 0 Å². The van der Waals surface area contributed by atoms with Crippen LogP contribution >= 0.6 is 11.8 Å². The Hall–Kier alpha value is 0.270. The Kier molecular flexibility index (Phi) is 2.94. The molecular weight excluding hydrogens is 168 g/mol. The summed E-state index contributed by atoms with van der Waals surface area (Å²) in [4.78, 5) is 0. The molecule has 1 saturated heterocycles. The molecule has 1 saturated carbocycles. The van der Waals surface area contributed by atoms with E-state index in [0.717, 1.165) is 11.8 Å². The summed E-state index contributed by atoms with van der Waals surface area (Å²) in [7, 11) is 0. The van der Waals surface area contributed by atoms with Crippen molar-refractivity contribution in [3.8, 4) is 0 Å². The zero-order chi connectivity index (χ0) is 8.39. The van der Waals surface area contributed by atoms with Gasteiger partial charge >= 0.3 is 0 Å². The minimum absolute atomic E-state index is 0.619. The number of hydrogen-bond acceptors (Lipinski definition) is 3. The standard InChI is InChI=1S/C9H18N2S/c10-11-9(7-2-1-3-7)8-4-5-12-6-8/h7-9,11H,1-6,10H2. The Labute approximate surface area is 78.6 Å². The van der Waals surface area contributed by atoms with Crippen LogP contribution in [0.25, 0.3) is 0 Å². The molecule has 2 rings (SSSR count). The summed E-state index contributed by atoms with van der Waals surface area (Å²) in [6.07, 6.45) is 5.59. The number of hydrogen-bond donors (Lipinski definition) is 2. The molecule has 0 aromatic rings. The summed E-state index contributed by atoms with van der Waals surface area (Å²) in [6, 6.07) is 0.619. The van der Waals surface area contributed by atoms with Crippen molar-refractivity contribution in [2.75, 3.05) is 11.5 Å². The molecule has 12 heavy (non-hydrogen) atoms. The largest absolute Gasteiger partial charge is 0.271 e. The summed E-state index contributed by atoms with van der Waals surface area (Å²) in [5, 5.41) is 0. The van der Waals surface area contributed by atoms with Gasteiger partial charge in [-0.3, -0.25) is 11.3 Å². The zero-order valence-corrected chi connectivity index (χ0v) is 8.28. The van der Waals surface area contributed by atoms with Gasteiger partial charge in [0.15, 0.2) is 0 Å². The van der Waals surface area contributed by atoms with Crippen molar-refractivity contribution >= 4 is 11.8 Å². The van der Waals surface area contributed by atoms with Gasteiger partial charge in [0.05, 0.1) is 0 Å². The topological polar surface area (TPSA) is 38.0 Å². The van der Waals surface area contributed by atoms with E-state index in [1.54, 1.807) is 0 Å². The minimum atomic E-state index is 0.619. The predicted molar refractivity (Wildman–Crippen MR) is 53.9 cm³/mol. The molecule has 2 atom stereocenters. The lowest BCUT2D eigenvalue weighted by atomic mass is 9.75. The molecule has 0 amide bonds. The lowest BCUT2D eigenvalue weighted by Gasteiger charge is -2.36. The van der Waals surface area contributed by atoms with E-state index in [2.05, 4.69) is 17.2 Å².